The van der Waals surface area contributed by atoms with E-state index in [9.17, 15) is 10.1 Å². The predicted octanol–water partition coefficient (Wildman–Crippen LogP) is 3.98. The molecule has 0 radical (unpaired) electrons. The number of anilines is 1. The predicted molar refractivity (Wildman–Crippen MR) is 134 cm³/mol. The van der Waals surface area contributed by atoms with Crippen LogP contribution >= 0.6 is 0 Å². The smallest absolute Gasteiger partial charge is 0.277 e. The van der Waals surface area contributed by atoms with E-state index in [4.69, 9.17) is 10.5 Å². The van der Waals surface area contributed by atoms with Crippen LogP contribution < -0.4 is 10.5 Å². The summed E-state index contributed by atoms with van der Waals surface area (Å²) in [7, 11) is 3.57. The summed E-state index contributed by atoms with van der Waals surface area (Å²) in [5, 5.41) is 16.5. The fraction of sp³-hybridized carbons (Fsp3) is 0.240. The van der Waals surface area contributed by atoms with E-state index in [1.165, 1.54) is 6.07 Å². The van der Waals surface area contributed by atoms with E-state index in [0.29, 0.717) is 28.3 Å². The van der Waals surface area contributed by atoms with Gasteiger partial charge >= 0.3 is 0 Å². The van der Waals surface area contributed by atoms with E-state index in [0.717, 1.165) is 41.7 Å². The first-order valence-electron chi connectivity index (χ1n) is 11.2. The van der Waals surface area contributed by atoms with Crippen molar-refractivity contribution in [3.05, 3.63) is 70.0 Å². The summed E-state index contributed by atoms with van der Waals surface area (Å²) in [5.74, 6) is 0.542. The molecule has 0 unspecified atom stereocenters. The van der Waals surface area contributed by atoms with Gasteiger partial charge in [0.1, 0.15) is 5.75 Å². The van der Waals surface area contributed by atoms with Crippen LogP contribution in [0.2, 0.25) is 0 Å². The summed E-state index contributed by atoms with van der Waals surface area (Å²) < 4.78 is 7.46. The number of nitrogen functional groups attached to an aromatic ring is 1. The lowest BCUT2D eigenvalue weighted by atomic mass is 9.94. The van der Waals surface area contributed by atoms with Gasteiger partial charge < -0.3 is 15.4 Å². The number of nitro groups is 1. The molecule has 0 bridgehead atoms. The molecule has 0 fully saturated rings. The van der Waals surface area contributed by atoms with Gasteiger partial charge in [0, 0.05) is 42.0 Å². The maximum Gasteiger partial charge on any atom is 0.277 e. The van der Waals surface area contributed by atoms with Gasteiger partial charge in [-0.3, -0.25) is 10.1 Å². The van der Waals surface area contributed by atoms with E-state index in [1.54, 1.807) is 23.9 Å². The SMILES string of the molecule is COc1cc(C2=CCN(C)CC2)c([N+](=O)[O-])cc1-c1nc(N)nc(-c2cnn3ccccc23)c1C. The highest BCUT2D eigenvalue weighted by molar-refractivity contribution is 5.86. The van der Waals surface area contributed by atoms with E-state index < -0.39 is 0 Å². The van der Waals surface area contributed by atoms with E-state index in [1.807, 2.05) is 44.4 Å². The van der Waals surface area contributed by atoms with Crippen LogP contribution in [0.15, 0.2) is 48.8 Å². The van der Waals surface area contributed by atoms with E-state index in [2.05, 4.69) is 20.0 Å². The van der Waals surface area contributed by atoms with Crippen molar-refractivity contribution in [1.29, 1.82) is 0 Å². The molecule has 1 aliphatic heterocycles. The highest BCUT2D eigenvalue weighted by Crippen LogP contribution is 2.42. The lowest BCUT2D eigenvalue weighted by molar-refractivity contribution is -0.385. The van der Waals surface area contributed by atoms with Gasteiger partial charge in [-0.2, -0.15) is 5.10 Å². The molecule has 10 nitrogen and oxygen atoms in total. The molecule has 2 N–H and O–H groups in total. The third kappa shape index (κ3) is 3.97. The standard InChI is InChI=1S/C25H25N7O3/c1-15-23(28-25(26)29-24(15)19-14-27-31-9-5-4-6-20(19)31)18-12-21(32(33)34)17(13-22(18)35-3)16-7-10-30(2)11-8-16/h4-7,9,12-14H,8,10-11H2,1-3H3,(H2,26,28,29). The van der Waals surface area contributed by atoms with Crippen molar-refractivity contribution in [3.8, 4) is 28.3 Å². The van der Waals surface area contributed by atoms with Gasteiger partial charge in [-0.25, -0.2) is 14.5 Å². The minimum absolute atomic E-state index is 0.00530. The Morgan fingerprint density at radius 3 is 2.60 bits per heavy atom. The number of ether oxygens (including phenoxy) is 1. The number of hydrogen-bond acceptors (Lipinski definition) is 8. The second-order valence-corrected chi connectivity index (χ2v) is 8.56. The molecule has 4 aromatic rings. The molecule has 0 amide bonds. The van der Waals surface area contributed by atoms with E-state index in [-0.39, 0.29) is 16.6 Å². The summed E-state index contributed by atoms with van der Waals surface area (Å²) in [5.41, 5.74) is 11.6. The van der Waals surface area contributed by atoms with Crippen molar-refractivity contribution >= 4 is 22.7 Å². The minimum Gasteiger partial charge on any atom is -0.496 e. The summed E-state index contributed by atoms with van der Waals surface area (Å²) in [6.07, 6.45) is 6.33. The molecule has 0 aliphatic carbocycles. The van der Waals surface area contributed by atoms with Crippen molar-refractivity contribution in [1.82, 2.24) is 24.5 Å². The fourth-order valence-corrected chi connectivity index (χ4v) is 4.52. The highest BCUT2D eigenvalue weighted by atomic mass is 16.6. The largest absolute Gasteiger partial charge is 0.496 e. The van der Waals surface area contributed by atoms with Crippen LogP contribution in [0.3, 0.4) is 0 Å². The summed E-state index contributed by atoms with van der Waals surface area (Å²) in [4.78, 5) is 22.9. The van der Waals surface area contributed by atoms with Crippen LogP contribution in [0.5, 0.6) is 5.75 Å². The zero-order valence-corrected chi connectivity index (χ0v) is 19.7. The first kappa shape index (κ1) is 22.5. The molecule has 0 atom stereocenters. The molecular weight excluding hydrogens is 446 g/mol. The van der Waals surface area contributed by atoms with Crippen molar-refractivity contribution in [2.75, 3.05) is 33.0 Å². The number of likely N-dealkylation sites (N-methyl/N-ethyl adjacent to an activating group) is 1. The van der Waals surface area contributed by atoms with Crippen LogP contribution in [0.4, 0.5) is 11.6 Å². The topological polar surface area (TPSA) is 125 Å². The Morgan fingerprint density at radius 2 is 1.91 bits per heavy atom. The average Bonchev–Trinajstić information content (AvgIpc) is 3.29. The maximum atomic E-state index is 12.1. The lowest BCUT2D eigenvalue weighted by Gasteiger charge is -2.22. The molecule has 3 aromatic heterocycles. The molecule has 10 heteroatoms. The third-order valence-electron chi connectivity index (χ3n) is 6.37. The van der Waals surface area contributed by atoms with Crippen molar-refractivity contribution < 1.29 is 9.66 Å². The number of pyridine rings is 1. The molecule has 178 valence electrons. The van der Waals surface area contributed by atoms with Gasteiger partial charge in [-0.15, -0.1) is 0 Å². The van der Waals surface area contributed by atoms with Crippen LogP contribution in [0.1, 0.15) is 17.5 Å². The van der Waals surface area contributed by atoms with Crippen molar-refractivity contribution in [2.45, 2.75) is 13.3 Å². The molecule has 1 aliphatic rings. The molecular formula is C25H25N7O3. The molecule has 5 rings (SSSR count). The Morgan fingerprint density at radius 1 is 1.14 bits per heavy atom. The van der Waals surface area contributed by atoms with Gasteiger partial charge in [0.25, 0.3) is 5.69 Å². The third-order valence-corrected chi connectivity index (χ3v) is 6.37. The Kier molecular flexibility index (Phi) is 5.65. The number of nitrogens with zero attached hydrogens (tertiary/aromatic N) is 6. The Hall–Kier alpha value is -4.31. The second-order valence-electron chi connectivity index (χ2n) is 8.56. The van der Waals surface area contributed by atoms with Gasteiger partial charge in [-0.1, -0.05) is 12.1 Å². The van der Waals surface area contributed by atoms with Crippen molar-refractivity contribution in [2.24, 2.45) is 0 Å². The quantitative estimate of drug-likeness (QED) is 0.342. The number of methoxy groups -OCH3 is 1. The molecule has 35 heavy (non-hydrogen) atoms. The highest BCUT2D eigenvalue weighted by Gasteiger charge is 2.26. The van der Waals surface area contributed by atoms with Crippen LogP contribution in [-0.2, 0) is 0 Å². The average molecular weight is 472 g/mol. The number of nitro benzene ring substituents is 1. The van der Waals surface area contributed by atoms with E-state index >= 15 is 0 Å². The fourth-order valence-electron chi connectivity index (χ4n) is 4.52. The first-order valence-corrected chi connectivity index (χ1v) is 11.2. The Bertz CT molecular complexity index is 1490. The number of hydrogen-bond donors (Lipinski definition) is 1. The van der Waals surface area contributed by atoms with Crippen LogP contribution in [0, 0.1) is 17.0 Å². The van der Waals surface area contributed by atoms with Crippen LogP contribution in [-0.4, -0.2) is 56.7 Å². The first-order chi connectivity index (χ1) is 16.9. The summed E-state index contributed by atoms with van der Waals surface area (Å²) >= 11 is 0. The molecule has 0 saturated heterocycles. The minimum atomic E-state index is -0.358. The van der Waals surface area contributed by atoms with Crippen LogP contribution in [0.25, 0.3) is 33.6 Å². The molecule has 1 aromatic carbocycles. The summed E-state index contributed by atoms with van der Waals surface area (Å²) in [6, 6.07) is 9.01. The normalized spacial score (nSPS) is 14.2. The lowest BCUT2D eigenvalue weighted by Crippen LogP contribution is -2.23. The number of benzene rings is 1. The molecule has 4 heterocycles. The number of aromatic nitrogens is 4. The Balaban J connectivity index is 1.71. The van der Waals surface area contributed by atoms with Crippen molar-refractivity contribution in [3.63, 3.8) is 0 Å². The maximum absolute atomic E-state index is 12.1. The van der Waals surface area contributed by atoms with Gasteiger partial charge in [-0.05, 0) is 44.2 Å². The van der Waals surface area contributed by atoms with Gasteiger partial charge in [0.05, 0.1) is 40.7 Å². The Labute approximate surface area is 201 Å². The second kappa shape index (κ2) is 8.80. The monoisotopic (exact) mass is 471 g/mol. The summed E-state index contributed by atoms with van der Waals surface area (Å²) in [6.45, 7) is 3.44. The number of fused-ring (bicyclic) bond motifs is 1. The number of rotatable bonds is 5. The van der Waals surface area contributed by atoms with Gasteiger partial charge in [0.15, 0.2) is 0 Å². The zero-order valence-electron chi connectivity index (χ0n) is 19.7. The van der Waals surface area contributed by atoms with Gasteiger partial charge in [0.2, 0.25) is 5.95 Å². The number of nitrogens with two attached hydrogens (primary N) is 1. The molecule has 0 spiro atoms. The zero-order chi connectivity index (χ0) is 24.7. The molecule has 0 saturated carbocycles.